The van der Waals surface area contributed by atoms with Gasteiger partial charge in [0.05, 0.1) is 6.54 Å². The largest absolute Gasteiger partial charge is 0.448 e. The van der Waals surface area contributed by atoms with Gasteiger partial charge in [-0.1, -0.05) is 6.92 Å². The van der Waals surface area contributed by atoms with Gasteiger partial charge >= 0.3 is 6.09 Å². The maximum Gasteiger partial charge on any atom is 0.404 e. The van der Waals surface area contributed by atoms with Crippen LogP contribution in [0.4, 0.5) is 16.6 Å². The standard InChI is InChI=1S/C11H19N5O2/c1-3-4-14-11-15-8(2)7-9(16-11)13-5-6-18-10(12)17/h7H,3-6H2,1-2H3,(H2,12,17)(H2,13,14,15,16). The van der Waals surface area contributed by atoms with Crippen LogP contribution in [0, 0.1) is 6.92 Å². The van der Waals surface area contributed by atoms with Crippen LogP contribution in [-0.2, 0) is 4.74 Å². The van der Waals surface area contributed by atoms with E-state index in [0.29, 0.717) is 18.3 Å². The first kappa shape index (κ1) is 14.0. The topological polar surface area (TPSA) is 102 Å². The number of rotatable bonds is 7. The van der Waals surface area contributed by atoms with Gasteiger partial charge in [0.15, 0.2) is 0 Å². The lowest BCUT2D eigenvalue weighted by molar-refractivity contribution is 0.161. The minimum Gasteiger partial charge on any atom is -0.448 e. The van der Waals surface area contributed by atoms with E-state index in [1.807, 2.05) is 13.0 Å². The molecule has 0 saturated carbocycles. The molecule has 100 valence electrons. The summed E-state index contributed by atoms with van der Waals surface area (Å²) in [5, 5.41) is 6.15. The van der Waals surface area contributed by atoms with Crippen LogP contribution in [0.3, 0.4) is 0 Å². The van der Waals surface area contributed by atoms with E-state index in [9.17, 15) is 4.79 Å². The van der Waals surface area contributed by atoms with Gasteiger partial charge in [0.25, 0.3) is 0 Å². The van der Waals surface area contributed by atoms with Crippen molar-refractivity contribution in [3.8, 4) is 0 Å². The molecule has 0 aliphatic rings. The van der Waals surface area contributed by atoms with E-state index in [4.69, 9.17) is 5.73 Å². The molecule has 1 heterocycles. The van der Waals surface area contributed by atoms with Gasteiger partial charge in [-0.3, -0.25) is 0 Å². The first-order valence-corrected chi connectivity index (χ1v) is 5.87. The summed E-state index contributed by atoms with van der Waals surface area (Å²) in [6, 6.07) is 1.82. The summed E-state index contributed by atoms with van der Waals surface area (Å²) < 4.78 is 4.61. The molecule has 0 bridgehead atoms. The first-order chi connectivity index (χ1) is 8.61. The summed E-state index contributed by atoms with van der Waals surface area (Å²) in [6.07, 6.45) is 0.230. The van der Waals surface area contributed by atoms with Crippen LogP contribution in [0.15, 0.2) is 6.07 Å². The lowest BCUT2D eigenvalue weighted by Crippen LogP contribution is -2.19. The number of primary amides is 1. The number of ether oxygens (including phenoxy) is 1. The fourth-order valence-electron chi connectivity index (χ4n) is 1.31. The van der Waals surface area contributed by atoms with E-state index in [1.54, 1.807) is 0 Å². The van der Waals surface area contributed by atoms with Gasteiger partial charge in [0.1, 0.15) is 12.4 Å². The van der Waals surface area contributed by atoms with Crippen molar-refractivity contribution in [3.63, 3.8) is 0 Å². The van der Waals surface area contributed by atoms with E-state index >= 15 is 0 Å². The minimum atomic E-state index is -0.777. The number of hydrogen-bond acceptors (Lipinski definition) is 6. The first-order valence-electron chi connectivity index (χ1n) is 5.87. The van der Waals surface area contributed by atoms with Crippen LogP contribution in [-0.4, -0.2) is 35.8 Å². The zero-order chi connectivity index (χ0) is 13.4. The van der Waals surface area contributed by atoms with Crippen LogP contribution in [0.25, 0.3) is 0 Å². The van der Waals surface area contributed by atoms with E-state index in [2.05, 4.69) is 32.3 Å². The molecule has 4 N–H and O–H groups in total. The Morgan fingerprint density at radius 2 is 2.17 bits per heavy atom. The molecule has 0 spiro atoms. The Balaban J connectivity index is 2.48. The highest BCUT2D eigenvalue weighted by Crippen LogP contribution is 2.09. The molecule has 0 aromatic carbocycles. The van der Waals surface area contributed by atoms with Crippen molar-refractivity contribution in [2.75, 3.05) is 30.3 Å². The quantitative estimate of drug-likeness (QED) is 0.629. The van der Waals surface area contributed by atoms with Crippen LogP contribution in [0.5, 0.6) is 0 Å². The zero-order valence-electron chi connectivity index (χ0n) is 10.7. The number of nitrogens with two attached hydrogens (primary N) is 1. The van der Waals surface area contributed by atoms with Crippen molar-refractivity contribution in [3.05, 3.63) is 11.8 Å². The molecule has 1 amide bonds. The molecule has 0 atom stereocenters. The molecule has 0 aliphatic heterocycles. The Bertz CT molecular complexity index is 397. The van der Waals surface area contributed by atoms with Crippen molar-refractivity contribution in [2.45, 2.75) is 20.3 Å². The third-order valence-corrected chi connectivity index (χ3v) is 2.04. The third-order valence-electron chi connectivity index (χ3n) is 2.04. The summed E-state index contributed by atoms with van der Waals surface area (Å²) in [4.78, 5) is 18.9. The second-order valence-corrected chi connectivity index (χ2v) is 3.74. The molecule has 0 saturated heterocycles. The number of nitrogens with one attached hydrogen (secondary N) is 2. The number of hydrogen-bond donors (Lipinski definition) is 3. The van der Waals surface area contributed by atoms with Crippen LogP contribution in [0.2, 0.25) is 0 Å². The second kappa shape index (κ2) is 7.31. The summed E-state index contributed by atoms with van der Waals surface area (Å²) in [5.41, 5.74) is 5.71. The number of aryl methyl sites for hydroxylation is 1. The molecule has 0 fully saturated rings. The van der Waals surface area contributed by atoms with Gasteiger partial charge in [-0.05, 0) is 13.3 Å². The lowest BCUT2D eigenvalue weighted by atomic mass is 10.4. The lowest BCUT2D eigenvalue weighted by Gasteiger charge is -2.09. The normalized spacial score (nSPS) is 9.89. The average Bonchev–Trinajstić information content (AvgIpc) is 2.31. The zero-order valence-corrected chi connectivity index (χ0v) is 10.7. The molecule has 0 radical (unpaired) electrons. The Morgan fingerprint density at radius 3 is 2.83 bits per heavy atom. The van der Waals surface area contributed by atoms with Gasteiger partial charge in [-0.25, -0.2) is 9.78 Å². The smallest absolute Gasteiger partial charge is 0.404 e. The van der Waals surface area contributed by atoms with Crippen LogP contribution in [0.1, 0.15) is 19.0 Å². The highest BCUT2D eigenvalue weighted by Gasteiger charge is 2.01. The maximum absolute atomic E-state index is 10.4. The Labute approximate surface area is 106 Å². The van der Waals surface area contributed by atoms with Crippen molar-refractivity contribution in [1.82, 2.24) is 9.97 Å². The molecular formula is C11H19N5O2. The predicted octanol–water partition coefficient (Wildman–Crippen LogP) is 1.11. The molecule has 7 heteroatoms. The predicted molar refractivity (Wildman–Crippen MR) is 69.6 cm³/mol. The van der Waals surface area contributed by atoms with E-state index in [0.717, 1.165) is 18.7 Å². The van der Waals surface area contributed by atoms with E-state index in [-0.39, 0.29) is 6.61 Å². The number of carbonyl (C=O) groups excluding carboxylic acids is 1. The molecule has 0 aliphatic carbocycles. The molecule has 1 aromatic rings. The Kier molecular flexibility index (Phi) is 5.69. The van der Waals surface area contributed by atoms with Crippen molar-refractivity contribution >= 4 is 17.9 Å². The van der Waals surface area contributed by atoms with Gasteiger partial charge in [0.2, 0.25) is 5.95 Å². The number of nitrogens with zero attached hydrogens (tertiary/aromatic N) is 2. The van der Waals surface area contributed by atoms with Crippen LogP contribution >= 0.6 is 0 Å². The molecule has 18 heavy (non-hydrogen) atoms. The number of amides is 1. The summed E-state index contributed by atoms with van der Waals surface area (Å²) in [6.45, 7) is 5.45. The van der Waals surface area contributed by atoms with Gasteiger partial charge in [0, 0.05) is 18.3 Å². The maximum atomic E-state index is 10.4. The van der Waals surface area contributed by atoms with Gasteiger partial charge in [-0.15, -0.1) is 0 Å². The molecule has 0 unspecified atom stereocenters. The van der Waals surface area contributed by atoms with E-state index < -0.39 is 6.09 Å². The number of anilines is 2. The molecule has 7 nitrogen and oxygen atoms in total. The SMILES string of the molecule is CCCNc1nc(C)cc(NCCOC(N)=O)n1. The molecule has 1 aromatic heterocycles. The van der Waals surface area contributed by atoms with Crippen molar-refractivity contribution in [2.24, 2.45) is 5.73 Å². The minimum absolute atomic E-state index is 0.204. The monoisotopic (exact) mass is 253 g/mol. The molecule has 1 rings (SSSR count). The highest BCUT2D eigenvalue weighted by atomic mass is 16.5. The third kappa shape index (κ3) is 5.33. The fraction of sp³-hybridized carbons (Fsp3) is 0.545. The summed E-state index contributed by atoms with van der Waals surface area (Å²) in [7, 11) is 0. The van der Waals surface area contributed by atoms with Crippen molar-refractivity contribution < 1.29 is 9.53 Å². The highest BCUT2D eigenvalue weighted by molar-refractivity contribution is 5.64. The van der Waals surface area contributed by atoms with Crippen molar-refractivity contribution in [1.29, 1.82) is 0 Å². The van der Waals surface area contributed by atoms with E-state index in [1.165, 1.54) is 0 Å². The Morgan fingerprint density at radius 1 is 1.39 bits per heavy atom. The second-order valence-electron chi connectivity index (χ2n) is 3.74. The van der Waals surface area contributed by atoms with Gasteiger partial charge in [-0.2, -0.15) is 4.98 Å². The molecular weight excluding hydrogens is 234 g/mol. The number of aromatic nitrogens is 2. The van der Waals surface area contributed by atoms with Gasteiger partial charge < -0.3 is 21.1 Å². The average molecular weight is 253 g/mol. The fourth-order valence-corrected chi connectivity index (χ4v) is 1.31. The summed E-state index contributed by atoms with van der Waals surface area (Å²) >= 11 is 0. The number of carbonyl (C=O) groups is 1. The van der Waals surface area contributed by atoms with Crippen LogP contribution < -0.4 is 16.4 Å². The summed E-state index contributed by atoms with van der Waals surface area (Å²) in [5.74, 6) is 1.28. The Hall–Kier alpha value is -2.05.